The van der Waals surface area contributed by atoms with Crippen molar-refractivity contribution in [1.82, 2.24) is 5.32 Å². The number of esters is 1. The van der Waals surface area contributed by atoms with Gasteiger partial charge in [-0.1, -0.05) is 6.92 Å². The monoisotopic (exact) mass is 643 g/mol. The molecule has 0 heterocycles. The maximum Gasteiger partial charge on any atom is 0.337 e. The smallest absolute Gasteiger partial charge is 0.337 e. The standard InChI is InChI=1S/C30H33N3O9S2/c1-5-26(44(39,40)21-12-10-20(43-4)11-13-21)29(37)33-23-16-24(34)22(17-25(23)42-15-14-27(35)31-2)32-28(36)18-6-8-19(9-7-18)30(38)41-3/h6-13,16-17,26,34H,5,14-15H2,1-4H3,(H,31,35)(H,32,36)(H,33,37). The maximum atomic E-state index is 13.3. The van der Waals surface area contributed by atoms with Crippen LogP contribution in [0.3, 0.4) is 0 Å². The van der Waals surface area contributed by atoms with Gasteiger partial charge in [-0.25, -0.2) is 13.2 Å². The lowest BCUT2D eigenvalue weighted by Crippen LogP contribution is -2.35. The van der Waals surface area contributed by atoms with E-state index in [9.17, 15) is 32.7 Å². The number of phenols is 1. The molecule has 0 aromatic heterocycles. The van der Waals surface area contributed by atoms with Crippen LogP contribution < -0.4 is 20.7 Å². The molecule has 0 fully saturated rings. The maximum absolute atomic E-state index is 13.3. The molecule has 4 N–H and O–H groups in total. The summed E-state index contributed by atoms with van der Waals surface area (Å²) in [7, 11) is -1.39. The first-order valence-electron chi connectivity index (χ1n) is 13.3. The zero-order valence-corrected chi connectivity index (χ0v) is 26.1. The molecule has 12 nitrogen and oxygen atoms in total. The molecule has 0 aliphatic rings. The number of ether oxygens (including phenoxy) is 2. The Morgan fingerprint density at radius 3 is 2.14 bits per heavy atom. The average Bonchev–Trinajstić information content (AvgIpc) is 3.02. The predicted octanol–water partition coefficient (Wildman–Crippen LogP) is 3.86. The Bertz CT molecular complexity index is 1620. The predicted molar refractivity (Wildman–Crippen MR) is 166 cm³/mol. The van der Waals surface area contributed by atoms with Crippen LogP contribution in [0.5, 0.6) is 11.5 Å². The van der Waals surface area contributed by atoms with E-state index in [0.29, 0.717) is 0 Å². The number of carbonyl (C=O) groups excluding carboxylic acids is 4. The highest BCUT2D eigenvalue weighted by Gasteiger charge is 2.33. The summed E-state index contributed by atoms with van der Waals surface area (Å²) in [6, 6.07) is 14.1. The minimum absolute atomic E-state index is 0.0140. The van der Waals surface area contributed by atoms with Crippen LogP contribution in [0.2, 0.25) is 0 Å². The first-order valence-corrected chi connectivity index (χ1v) is 16.1. The molecule has 0 spiro atoms. The normalized spacial score (nSPS) is 11.6. The van der Waals surface area contributed by atoms with Crippen LogP contribution in [0.4, 0.5) is 11.4 Å². The van der Waals surface area contributed by atoms with Crippen molar-refractivity contribution in [3.05, 3.63) is 71.8 Å². The molecular weight excluding hydrogens is 610 g/mol. The second-order valence-corrected chi connectivity index (χ2v) is 12.3. The van der Waals surface area contributed by atoms with Gasteiger partial charge in [0.05, 0.1) is 42.0 Å². The number of methoxy groups -OCH3 is 1. The molecule has 0 radical (unpaired) electrons. The molecule has 44 heavy (non-hydrogen) atoms. The molecule has 0 saturated heterocycles. The number of phenolic OH excluding ortho intramolecular Hbond substituents is 1. The van der Waals surface area contributed by atoms with E-state index >= 15 is 0 Å². The highest BCUT2D eigenvalue weighted by Crippen LogP contribution is 2.37. The number of rotatable bonds is 13. The lowest BCUT2D eigenvalue weighted by molar-refractivity contribution is -0.121. The number of aromatic hydroxyl groups is 1. The van der Waals surface area contributed by atoms with Gasteiger partial charge in [0.1, 0.15) is 16.7 Å². The van der Waals surface area contributed by atoms with Crippen molar-refractivity contribution in [3.8, 4) is 11.5 Å². The Kier molecular flexibility index (Phi) is 11.8. The summed E-state index contributed by atoms with van der Waals surface area (Å²) in [5.41, 5.74) is 0.242. The molecule has 0 saturated carbocycles. The number of carbonyl (C=O) groups is 4. The lowest BCUT2D eigenvalue weighted by Gasteiger charge is -2.19. The first-order chi connectivity index (χ1) is 20.9. The van der Waals surface area contributed by atoms with Crippen LogP contribution in [0.1, 0.15) is 40.5 Å². The van der Waals surface area contributed by atoms with Crippen LogP contribution in [-0.4, -0.2) is 69.5 Å². The Morgan fingerprint density at radius 1 is 0.932 bits per heavy atom. The first kappa shape index (κ1) is 33.9. The van der Waals surface area contributed by atoms with Gasteiger partial charge >= 0.3 is 5.97 Å². The Morgan fingerprint density at radius 2 is 1.57 bits per heavy atom. The summed E-state index contributed by atoms with van der Waals surface area (Å²) >= 11 is 1.45. The number of hydrogen-bond donors (Lipinski definition) is 4. The van der Waals surface area contributed by atoms with Crippen LogP contribution in [0.15, 0.2) is 70.5 Å². The molecule has 3 aromatic carbocycles. The molecule has 0 aliphatic carbocycles. The van der Waals surface area contributed by atoms with Gasteiger partial charge in [0.25, 0.3) is 5.91 Å². The Hall–Kier alpha value is -4.56. The fraction of sp³-hybridized carbons (Fsp3) is 0.267. The van der Waals surface area contributed by atoms with E-state index in [0.717, 1.165) is 11.0 Å². The van der Waals surface area contributed by atoms with Crippen LogP contribution >= 0.6 is 11.8 Å². The van der Waals surface area contributed by atoms with E-state index in [-0.39, 0.29) is 58.5 Å². The van der Waals surface area contributed by atoms with E-state index in [1.807, 2.05) is 6.26 Å². The zero-order chi connectivity index (χ0) is 32.4. The topological polar surface area (TPSA) is 177 Å². The molecular formula is C30H33N3O9S2. The third kappa shape index (κ3) is 8.29. The summed E-state index contributed by atoms with van der Waals surface area (Å²) in [5.74, 6) is -2.87. The summed E-state index contributed by atoms with van der Waals surface area (Å²) < 4.78 is 37.1. The van der Waals surface area contributed by atoms with Gasteiger partial charge in [-0.05, 0) is 61.2 Å². The molecule has 1 atom stereocenters. The fourth-order valence-corrected chi connectivity index (χ4v) is 6.05. The van der Waals surface area contributed by atoms with E-state index < -0.39 is 38.6 Å². The third-order valence-corrected chi connectivity index (χ3v) is 9.43. The van der Waals surface area contributed by atoms with Crippen LogP contribution in [0.25, 0.3) is 0 Å². The molecule has 0 aliphatic heterocycles. The lowest BCUT2D eigenvalue weighted by atomic mass is 10.1. The molecule has 0 bridgehead atoms. The SMILES string of the molecule is CCC(C(=O)Nc1cc(O)c(NC(=O)c2ccc(C(=O)OC)cc2)cc1OCCC(=O)NC)S(=O)(=O)c1ccc(SC)cc1. The third-order valence-electron chi connectivity index (χ3n) is 6.46. The number of thioether (sulfide) groups is 1. The van der Waals surface area contributed by atoms with Crippen molar-refractivity contribution >= 4 is 56.7 Å². The largest absolute Gasteiger partial charge is 0.506 e. The number of sulfone groups is 1. The second kappa shape index (κ2) is 15.3. The van der Waals surface area contributed by atoms with Gasteiger partial charge in [0, 0.05) is 29.6 Å². The summed E-state index contributed by atoms with van der Waals surface area (Å²) in [6.45, 7) is 1.43. The summed E-state index contributed by atoms with van der Waals surface area (Å²) in [4.78, 5) is 50.5. The van der Waals surface area contributed by atoms with Gasteiger partial charge in [-0.3, -0.25) is 14.4 Å². The number of nitrogens with one attached hydrogen (secondary N) is 3. The molecule has 1 unspecified atom stereocenters. The van der Waals surface area contributed by atoms with Crippen molar-refractivity contribution < 1.29 is 42.2 Å². The molecule has 234 valence electrons. The average molecular weight is 644 g/mol. The molecule has 3 amide bonds. The fourth-order valence-electron chi connectivity index (χ4n) is 4.02. The Balaban J connectivity index is 1.90. The van der Waals surface area contributed by atoms with E-state index in [2.05, 4.69) is 20.7 Å². The van der Waals surface area contributed by atoms with Gasteiger partial charge < -0.3 is 30.5 Å². The van der Waals surface area contributed by atoms with Crippen LogP contribution in [-0.2, 0) is 24.2 Å². The van der Waals surface area contributed by atoms with Gasteiger partial charge in [0.15, 0.2) is 9.84 Å². The highest BCUT2D eigenvalue weighted by molar-refractivity contribution is 7.98. The number of hydrogen-bond acceptors (Lipinski definition) is 10. The van der Waals surface area contributed by atoms with Crippen molar-refractivity contribution in [3.63, 3.8) is 0 Å². The molecule has 3 aromatic rings. The van der Waals surface area contributed by atoms with Crippen molar-refractivity contribution in [2.45, 2.75) is 34.8 Å². The van der Waals surface area contributed by atoms with Crippen molar-refractivity contribution in [2.24, 2.45) is 0 Å². The van der Waals surface area contributed by atoms with E-state index in [4.69, 9.17) is 4.74 Å². The summed E-state index contributed by atoms with van der Waals surface area (Å²) in [6.07, 6.45) is 1.77. The van der Waals surface area contributed by atoms with Crippen molar-refractivity contribution in [2.75, 3.05) is 37.7 Å². The minimum atomic E-state index is -4.08. The van der Waals surface area contributed by atoms with E-state index in [1.165, 1.54) is 68.4 Å². The van der Waals surface area contributed by atoms with E-state index in [1.54, 1.807) is 19.1 Å². The van der Waals surface area contributed by atoms with Crippen LogP contribution in [0, 0.1) is 0 Å². The molecule has 14 heteroatoms. The number of anilines is 2. The minimum Gasteiger partial charge on any atom is -0.506 e. The van der Waals surface area contributed by atoms with Gasteiger partial charge in [-0.15, -0.1) is 11.8 Å². The van der Waals surface area contributed by atoms with Gasteiger partial charge in [0.2, 0.25) is 11.8 Å². The molecule has 3 rings (SSSR count). The quantitative estimate of drug-likeness (QED) is 0.122. The number of amides is 3. The number of benzene rings is 3. The van der Waals surface area contributed by atoms with Gasteiger partial charge in [-0.2, -0.15) is 0 Å². The zero-order valence-electron chi connectivity index (χ0n) is 24.5. The van der Waals surface area contributed by atoms with Crippen molar-refractivity contribution in [1.29, 1.82) is 0 Å². The second-order valence-electron chi connectivity index (χ2n) is 9.27. The Labute approximate surface area is 259 Å². The summed E-state index contributed by atoms with van der Waals surface area (Å²) in [5, 5.41) is 16.8. The highest BCUT2D eigenvalue weighted by atomic mass is 32.2.